The van der Waals surface area contributed by atoms with Gasteiger partial charge in [0, 0.05) is 18.6 Å². The smallest absolute Gasteiger partial charge is 0.181 e. The summed E-state index contributed by atoms with van der Waals surface area (Å²) < 4.78 is 5.31. The molecule has 2 aromatic rings. The molecule has 1 fully saturated rings. The molecule has 1 heterocycles. The summed E-state index contributed by atoms with van der Waals surface area (Å²) >= 11 is 0. The lowest BCUT2D eigenvalue weighted by molar-refractivity contribution is 0.326. The fraction of sp³-hybridized carbons (Fsp3) is 0.500. The van der Waals surface area contributed by atoms with E-state index in [2.05, 4.69) is 16.4 Å². The Morgan fingerprint density at radius 1 is 1.33 bits per heavy atom. The summed E-state index contributed by atoms with van der Waals surface area (Å²) in [5.74, 6) is 0. The minimum Gasteiger partial charge on any atom is -0.443 e. The molecule has 1 aliphatic rings. The van der Waals surface area contributed by atoms with Gasteiger partial charge in [0.25, 0.3) is 0 Å². The predicted molar refractivity (Wildman–Crippen MR) is 71.1 cm³/mol. The number of aromatic nitrogens is 1. The summed E-state index contributed by atoms with van der Waals surface area (Å²) in [5.41, 5.74) is 9.11. The monoisotopic (exact) mass is 245 g/mol. The topological polar surface area (TPSA) is 64.1 Å². The summed E-state index contributed by atoms with van der Waals surface area (Å²) in [6.07, 6.45) is 6.36. The molecule has 4 nitrogen and oxygen atoms in total. The minimum absolute atomic E-state index is 0.299. The average molecular weight is 245 g/mol. The van der Waals surface area contributed by atoms with Crippen LogP contribution in [-0.4, -0.2) is 17.1 Å². The number of nitrogens with zero attached hydrogens (tertiary/aromatic N) is 1. The number of hydrogen-bond acceptors (Lipinski definition) is 4. The van der Waals surface area contributed by atoms with Crippen molar-refractivity contribution in [3.63, 3.8) is 0 Å². The van der Waals surface area contributed by atoms with Crippen molar-refractivity contribution in [3.8, 4) is 0 Å². The fourth-order valence-corrected chi connectivity index (χ4v) is 2.67. The first-order valence-corrected chi connectivity index (χ1v) is 6.64. The largest absolute Gasteiger partial charge is 0.443 e. The molecule has 0 bridgehead atoms. The van der Waals surface area contributed by atoms with Gasteiger partial charge in [-0.05, 0) is 30.5 Å². The molecular formula is C14H19N3O. The van der Waals surface area contributed by atoms with Gasteiger partial charge in [-0.2, -0.15) is 0 Å². The van der Waals surface area contributed by atoms with Crippen molar-refractivity contribution in [1.82, 2.24) is 10.3 Å². The van der Waals surface area contributed by atoms with Gasteiger partial charge in [0.15, 0.2) is 12.0 Å². The highest BCUT2D eigenvalue weighted by molar-refractivity contribution is 5.72. The lowest BCUT2D eigenvalue weighted by atomic mass is 9.91. The molecule has 96 valence electrons. The third-order valence-corrected chi connectivity index (χ3v) is 3.78. The Kier molecular flexibility index (Phi) is 3.30. The zero-order valence-corrected chi connectivity index (χ0v) is 10.4. The number of oxazole rings is 1. The van der Waals surface area contributed by atoms with E-state index in [-0.39, 0.29) is 0 Å². The third-order valence-electron chi connectivity index (χ3n) is 3.78. The zero-order valence-electron chi connectivity index (χ0n) is 10.4. The van der Waals surface area contributed by atoms with E-state index < -0.39 is 0 Å². The van der Waals surface area contributed by atoms with Crippen molar-refractivity contribution in [2.75, 3.05) is 0 Å². The van der Waals surface area contributed by atoms with E-state index in [0.29, 0.717) is 12.1 Å². The first kappa shape index (κ1) is 11.7. The molecule has 0 radical (unpaired) electrons. The van der Waals surface area contributed by atoms with Crippen LogP contribution in [0.15, 0.2) is 29.0 Å². The van der Waals surface area contributed by atoms with Crippen LogP contribution < -0.4 is 11.1 Å². The Morgan fingerprint density at radius 2 is 2.22 bits per heavy atom. The van der Waals surface area contributed by atoms with Gasteiger partial charge in [0.2, 0.25) is 0 Å². The SMILES string of the molecule is NC1CCCCC1NCc1ccc2ncoc2c1. The molecule has 1 aliphatic carbocycles. The molecule has 1 aromatic carbocycles. The quantitative estimate of drug-likeness (QED) is 0.870. The van der Waals surface area contributed by atoms with E-state index in [1.54, 1.807) is 0 Å². The van der Waals surface area contributed by atoms with Crippen LogP contribution in [0.1, 0.15) is 31.2 Å². The minimum atomic E-state index is 0.299. The Labute approximate surface area is 107 Å². The molecule has 0 saturated heterocycles. The first-order chi connectivity index (χ1) is 8.83. The van der Waals surface area contributed by atoms with Crippen LogP contribution in [0.5, 0.6) is 0 Å². The van der Waals surface area contributed by atoms with Crippen molar-refractivity contribution in [3.05, 3.63) is 30.2 Å². The van der Waals surface area contributed by atoms with Crippen LogP contribution in [-0.2, 0) is 6.54 Å². The fourth-order valence-electron chi connectivity index (χ4n) is 2.67. The Morgan fingerprint density at radius 3 is 3.11 bits per heavy atom. The number of nitrogens with two attached hydrogens (primary N) is 1. The predicted octanol–water partition coefficient (Wildman–Crippen LogP) is 2.19. The average Bonchev–Trinajstić information content (AvgIpc) is 2.85. The second kappa shape index (κ2) is 5.08. The zero-order chi connectivity index (χ0) is 12.4. The number of nitrogens with one attached hydrogen (secondary N) is 1. The molecule has 0 aliphatic heterocycles. The number of rotatable bonds is 3. The Hall–Kier alpha value is -1.39. The highest BCUT2D eigenvalue weighted by atomic mass is 16.3. The van der Waals surface area contributed by atoms with Gasteiger partial charge in [0.05, 0.1) is 0 Å². The van der Waals surface area contributed by atoms with Gasteiger partial charge >= 0.3 is 0 Å². The molecule has 2 atom stereocenters. The summed E-state index contributed by atoms with van der Waals surface area (Å²) in [6, 6.07) is 6.88. The molecule has 0 amide bonds. The maximum Gasteiger partial charge on any atom is 0.181 e. The molecule has 0 spiro atoms. The molecule has 3 N–H and O–H groups in total. The van der Waals surface area contributed by atoms with Crippen LogP contribution in [0.2, 0.25) is 0 Å². The van der Waals surface area contributed by atoms with Crippen molar-refractivity contribution in [1.29, 1.82) is 0 Å². The van der Waals surface area contributed by atoms with Gasteiger partial charge in [0.1, 0.15) is 5.52 Å². The van der Waals surface area contributed by atoms with Crippen LogP contribution in [0.3, 0.4) is 0 Å². The van der Waals surface area contributed by atoms with Gasteiger partial charge in [-0.25, -0.2) is 4.98 Å². The lowest BCUT2D eigenvalue weighted by Gasteiger charge is -2.29. The van der Waals surface area contributed by atoms with Gasteiger partial charge < -0.3 is 15.5 Å². The van der Waals surface area contributed by atoms with Crippen molar-refractivity contribution in [2.45, 2.75) is 44.3 Å². The second-order valence-corrected chi connectivity index (χ2v) is 5.09. The van der Waals surface area contributed by atoms with E-state index in [0.717, 1.165) is 24.1 Å². The maximum absolute atomic E-state index is 6.13. The van der Waals surface area contributed by atoms with Crippen LogP contribution in [0.4, 0.5) is 0 Å². The summed E-state index contributed by atoms with van der Waals surface area (Å²) in [5, 5.41) is 3.56. The van der Waals surface area contributed by atoms with E-state index >= 15 is 0 Å². The number of hydrogen-bond donors (Lipinski definition) is 2. The lowest BCUT2D eigenvalue weighted by Crippen LogP contribution is -2.46. The first-order valence-electron chi connectivity index (χ1n) is 6.64. The standard InChI is InChI=1S/C14H19N3O/c15-11-3-1-2-4-12(11)16-8-10-5-6-13-14(7-10)18-9-17-13/h5-7,9,11-12,16H,1-4,8,15H2. The van der Waals surface area contributed by atoms with E-state index in [1.807, 2.05) is 12.1 Å². The highest BCUT2D eigenvalue weighted by Gasteiger charge is 2.20. The van der Waals surface area contributed by atoms with Crippen molar-refractivity contribution >= 4 is 11.1 Å². The van der Waals surface area contributed by atoms with Gasteiger partial charge in [-0.15, -0.1) is 0 Å². The van der Waals surface area contributed by atoms with Gasteiger partial charge in [-0.3, -0.25) is 0 Å². The molecule has 3 rings (SSSR count). The van der Waals surface area contributed by atoms with E-state index in [4.69, 9.17) is 10.2 Å². The van der Waals surface area contributed by atoms with Crippen molar-refractivity contribution < 1.29 is 4.42 Å². The summed E-state index contributed by atoms with van der Waals surface area (Å²) in [4.78, 5) is 4.11. The van der Waals surface area contributed by atoms with Crippen LogP contribution in [0.25, 0.3) is 11.1 Å². The third kappa shape index (κ3) is 2.40. The molecule has 1 aromatic heterocycles. The number of fused-ring (bicyclic) bond motifs is 1. The Bertz CT molecular complexity index is 522. The summed E-state index contributed by atoms with van der Waals surface area (Å²) in [7, 11) is 0. The molecule has 4 heteroatoms. The molecule has 18 heavy (non-hydrogen) atoms. The van der Waals surface area contributed by atoms with Crippen molar-refractivity contribution in [2.24, 2.45) is 5.73 Å². The van der Waals surface area contributed by atoms with Gasteiger partial charge in [-0.1, -0.05) is 18.9 Å². The normalized spacial score (nSPS) is 24.5. The molecular weight excluding hydrogens is 226 g/mol. The summed E-state index contributed by atoms with van der Waals surface area (Å²) in [6.45, 7) is 0.842. The maximum atomic E-state index is 6.13. The molecule has 2 unspecified atom stereocenters. The van der Waals surface area contributed by atoms with E-state index in [9.17, 15) is 0 Å². The second-order valence-electron chi connectivity index (χ2n) is 5.09. The van der Waals surface area contributed by atoms with Crippen LogP contribution in [0, 0.1) is 0 Å². The highest BCUT2D eigenvalue weighted by Crippen LogP contribution is 2.18. The van der Waals surface area contributed by atoms with E-state index in [1.165, 1.54) is 31.2 Å². The van der Waals surface area contributed by atoms with Crippen LogP contribution >= 0.6 is 0 Å². The number of benzene rings is 1. The Balaban J connectivity index is 1.65. The molecule has 1 saturated carbocycles.